The number of amides is 1. The molecule has 1 N–H and O–H groups in total. The lowest BCUT2D eigenvalue weighted by Gasteiger charge is -2.40. The maximum absolute atomic E-state index is 13.1. The van der Waals surface area contributed by atoms with E-state index in [0.29, 0.717) is 31.0 Å². The molecule has 3 heterocycles. The second-order valence-corrected chi connectivity index (χ2v) is 9.23. The van der Waals surface area contributed by atoms with Crippen molar-refractivity contribution in [2.45, 2.75) is 31.6 Å². The lowest BCUT2D eigenvalue weighted by molar-refractivity contribution is -0.137. The van der Waals surface area contributed by atoms with Gasteiger partial charge in [0.15, 0.2) is 5.66 Å². The number of rotatable bonds is 5. The highest BCUT2D eigenvalue weighted by atomic mass is 19.4. The molecule has 10 heteroatoms. The molecule has 1 saturated heterocycles. The number of ether oxygens (including phenoxy) is 1. The van der Waals surface area contributed by atoms with E-state index < -0.39 is 23.3 Å². The first-order valence-corrected chi connectivity index (χ1v) is 11.9. The van der Waals surface area contributed by atoms with Gasteiger partial charge in [-0.25, -0.2) is 4.98 Å². The van der Waals surface area contributed by atoms with E-state index in [9.17, 15) is 18.0 Å². The van der Waals surface area contributed by atoms with Gasteiger partial charge in [-0.15, -0.1) is 0 Å². The molecule has 2 aliphatic heterocycles. The van der Waals surface area contributed by atoms with Crippen molar-refractivity contribution in [1.82, 2.24) is 14.5 Å². The molecule has 1 fully saturated rings. The number of alkyl halides is 3. The fraction of sp³-hybridized carbons (Fsp3) is 0.296. The summed E-state index contributed by atoms with van der Waals surface area (Å²) in [4.78, 5) is 24.0. The van der Waals surface area contributed by atoms with Crippen LogP contribution in [-0.2, 0) is 15.7 Å². The number of halogens is 3. The van der Waals surface area contributed by atoms with Gasteiger partial charge >= 0.3 is 6.18 Å². The molecule has 0 bridgehead atoms. The van der Waals surface area contributed by atoms with Crippen molar-refractivity contribution in [3.05, 3.63) is 90.2 Å². The van der Waals surface area contributed by atoms with Crippen molar-refractivity contribution in [3.63, 3.8) is 0 Å². The van der Waals surface area contributed by atoms with Gasteiger partial charge in [-0.2, -0.15) is 13.2 Å². The zero-order valence-electron chi connectivity index (χ0n) is 20.3. The second kappa shape index (κ2) is 9.51. The van der Waals surface area contributed by atoms with Gasteiger partial charge in [0, 0.05) is 29.7 Å². The summed E-state index contributed by atoms with van der Waals surface area (Å²) in [7, 11) is 0. The van der Waals surface area contributed by atoms with Crippen LogP contribution in [0, 0.1) is 6.92 Å². The maximum Gasteiger partial charge on any atom is 0.416 e. The Morgan fingerprint density at radius 2 is 2.00 bits per heavy atom. The number of anilines is 1. The molecule has 3 aromatic rings. The van der Waals surface area contributed by atoms with Crippen molar-refractivity contribution >= 4 is 17.3 Å². The zero-order valence-corrected chi connectivity index (χ0v) is 20.3. The van der Waals surface area contributed by atoms with E-state index in [1.54, 1.807) is 11.2 Å². The first kappa shape index (κ1) is 24.8. The lowest BCUT2D eigenvalue weighted by atomic mass is 10.0. The fourth-order valence-electron chi connectivity index (χ4n) is 4.72. The summed E-state index contributed by atoms with van der Waals surface area (Å²) in [6, 6.07) is 12.4. The summed E-state index contributed by atoms with van der Waals surface area (Å²) < 4.78 is 46.9. The number of aromatic nitrogens is 2. The molecular weight excluding hydrogens is 483 g/mol. The Bertz CT molecular complexity index is 1350. The third-order valence-electron chi connectivity index (χ3n) is 6.55. The minimum atomic E-state index is -4.50. The van der Waals surface area contributed by atoms with Crippen LogP contribution in [0.25, 0.3) is 5.69 Å². The number of aliphatic imine (C=N–C) groups is 1. The Morgan fingerprint density at radius 3 is 2.65 bits per heavy atom. The van der Waals surface area contributed by atoms with Crippen molar-refractivity contribution in [1.29, 1.82) is 0 Å². The summed E-state index contributed by atoms with van der Waals surface area (Å²) in [5.74, 6) is -0.465. The van der Waals surface area contributed by atoms with Crippen LogP contribution in [0.5, 0.6) is 0 Å². The number of nitrogens with one attached hydrogen (secondary N) is 1. The first-order valence-electron chi connectivity index (χ1n) is 11.9. The highest BCUT2D eigenvalue weighted by molar-refractivity contribution is 6.14. The molecule has 2 aromatic carbocycles. The number of hydrogen-bond acceptors (Lipinski definition) is 5. The lowest BCUT2D eigenvalue weighted by Crippen LogP contribution is -2.51. The van der Waals surface area contributed by atoms with Gasteiger partial charge in [0.1, 0.15) is 0 Å². The van der Waals surface area contributed by atoms with Gasteiger partial charge in [-0.05, 0) is 50.1 Å². The standard InChI is InChI=1S/C27H26F3N5O2/c1-18-14-34(17-31-18)23-9-7-20(8-10-23)25-19(2)35(26(33-25)11-4-12-37-16-26)15-24(36)32-22-6-3-5-21(13-22)27(28,29)30/h3,5-10,13-14,17H,2,4,11-12,15-16H2,1H3,(H,32,36). The number of nitrogens with zero attached hydrogens (tertiary/aromatic N) is 4. The Kier molecular flexibility index (Phi) is 6.36. The average Bonchev–Trinajstić information content (AvgIpc) is 3.41. The van der Waals surface area contributed by atoms with Crippen molar-refractivity contribution < 1.29 is 22.7 Å². The van der Waals surface area contributed by atoms with E-state index in [-0.39, 0.29) is 12.2 Å². The molecule has 1 unspecified atom stereocenters. The summed E-state index contributed by atoms with van der Waals surface area (Å²) in [6.07, 6.45) is 0.603. The maximum atomic E-state index is 13.1. The highest BCUT2D eigenvalue weighted by Crippen LogP contribution is 2.38. The SMILES string of the molecule is C=C1C(c2ccc(-n3cnc(C)c3)cc2)=NC2(CCCOC2)N1CC(=O)Nc1cccc(C(F)(F)F)c1. The molecule has 5 rings (SSSR count). The van der Waals surface area contributed by atoms with Crippen LogP contribution in [0.2, 0.25) is 0 Å². The van der Waals surface area contributed by atoms with Crippen LogP contribution in [0.4, 0.5) is 18.9 Å². The number of hydrogen-bond donors (Lipinski definition) is 1. The molecule has 37 heavy (non-hydrogen) atoms. The van der Waals surface area contributed by atoms with Crippen molar-refractivity contribution in [2.24, 2.45) is 4.99 Å². The second-order valence-electron chi connectivity index (χ2n) is 9.23. The van der Waals surface area contributed by atoms with E-state index in [2.05, 4.69) is 16.9 Å². The van der Waals surface area contributed by atoms with Crippen LogP contribution in [0.1, 0.15) is 29.7 Å². The topological polar surface area (TPSA) is 71.8 Å². The van der Waals surface area contributed by atoms with E-state index in [1.807, 2.05) is 42.0 Å². The molecule has 0 aliphatic carbocycles. The van der Waals surface area contributed by atoms with Gasteiger partial charge in [0.25, 0.3) is 0 Å². The molecule has 2 aliphatic rings. The number of carbonyl (C=O) groups excluding carboxylic acids is 1. The molecule has 1 aromatic heterocycles. The molecule has 192 valence electrons. The van der Waals surface area contributed by atoms with Crippen LogP contribution >= 0.6 is 0 Å². The number of aryl methyl sites for hydroxylation is 1. The van der Waals surface area contributed by atoms with Crippen molar-refractivity contribution in [3.8, 4) is 5.69 Å². The third kappa shape index (κ3) is 5.01. The van der Waals surface area contributed by atoms with Crippen LogP contribution in [0.15, 0.2) is 78.3 Å². The minimum Gasteiger partial charge on any atom is -0.377 e. The summed E-state index contributed by atoms with van der Waals surface area (Å²) in [5.41, 5.74) is 2.38. The quantitative estimate of drug-likeness (QED) is 0.528. The van der Waals surface area contributed by atoms with E-state index >= 15 is 0 Å². The fourth-order valence-corrected chi connectivity index (χ4v) is 4.72. The van der Waals surface area contributed by atoms with Gasteiger partial charge in [0.05, 0.1) is 42.1 Å². The average molecular weight is 510 g/mol. The Hall–Kier alpha value is -3.92. The van der Waals surface area contributed by atoms with Gasteiger partial charge in [-0.1, -0.05) is 24.8 Å². The molecule has 0 saturated carbocycles. The normalized spacial score (nSPS) is 19.8. The highest BCUT2D eigenvalue weighted by Gasteiger charge is 2.46. The van der Waals surface area contributed by atoms with Crippen molar-refractivity contribution in [2.75, 3.05) is 25.1 Å². The summed E-state index contributed by atoms with van der Waals surface area (Å²) >= 11 is 0. The number of allylic oxidation sites excluding steroid dienone is 1. The predicted molar refractivity (Wildman–Crippen MR) is 134 cm³/mol. The smallest absolute Gasteiger partial charge is 0.377 e. The Morgan fingerprint density at radius 1 is 1.22 bits per heavy atom. The van der Waals surface area contributed by atoms with E-state index in [1.165, 1.54) is 12.1 Å². The number of benzene rings is 2. The Labute approximate surface area is 212 Å². The van der Waals surface area contributed by atoms with Crippen LogP contribution in [0.3, 0.4) is 0 Å². The molecule has 1 amide bonds. The zero-order chi connectivity index (χ0) is 26.2. The predicted octanol–water partition coefficient (Wildman–Crippen LogP) is 4.96. The van der Waals surface area contributed by atoms with Gasteiger partial charge in [0.2, 0.25) is 5.91 Å². The number of carbonyl (C=O) groups is 1. The first-order chi connectivity index (χ1) is 17.6. The minimum absolute atomic E-state index is 0.0741. The van der Waals surface area contributed by atoms with E-state index in [4.69, 9.17) is 9.73 Å². The third-order valence-corrected chi connectivity index (χ3v) is 6.55. The monoisotopic (exact) mass is 509 g/mol. The van der Waals surface area contributed by atoms with Gasteiger partial charge < -0.3 is 19.5 Å². The molecular formula is C27H26F3N5O2. The molecule has 1 atom stereocenters. The molecule has 7 nitrogen and oxygen atoms in total. The summed E-state index contributed by atoms with van der Waals surface area (Å²) in [6.45, 7) is 6.91. The summed E-state index contributed by atoms with van der Waals surface area (Å²) in [5, 5.41) is 2.58. The Balaban J connectivity index is 1.37. The van der Waals surface area contributed by atoms with Gasteiger partial charge in [-0.3, -0.25) is 9.79 Å². The van der Waals surface area contributed by atoms with Crippen LogP contribution < -0.4 is 5.32 Å². The molecule has 0 radical (unpaired) electrons. The number of imidazole rings is 1. The van der Waals surface area contributed by atoms with Crippen LogP contribution in [-0.4, -0.2) is 51.5 Å². The van der Waals surface area contributed by atoms with E-state index in [0.717, 1.165) is 35.5 Å². The molecule has 1 spiro atoms. The largest absolute Gasteiger partial charge is 0.416 e.